The van der Waals surface area contributed by atoms with E-state index in [9.17, 15) is 9.59 Å². The van der Waals surface area contributed by atoms with Crippen molar-refractivity contribution in [2.45, 2.75) is 19.9 Å². The van der Waals surface area contributed by atoms with Crippen LogP contribution in [0.25, 0.3) is 0 Å². The lowest BCUT2D eigenvalue weighted by Crippen LogP contribution is -2.45. The molecule has 1 atom stereocenters. The predicted molar refractivity (Wildman–Crippen MR) is 73.3 cm³/mol. The van der Waals surface area contributed by atoms with Crippen LogP contribution in [0.4, 0.5) is 10.5 Å². The number of imide groups is 1. The molecule has 0 fully saturated rings. The van der Waals surface area contributed by atoms with Crippen LogP contribution in [0, 0.1) is 0 Å². The molecule has 0 bridgehead atoms. The number of carbonyl (C=O) groups is 2. The van der Waals surface area contributed by atoms with Gasteiger partial charge in [0.05, 0.1) is 7.11 Å². The van der Waals surface area contributed by atoms with Crippen LogP contribution in [0.3, 0.4) is 0 Å². The van der Waals surface area contributed by atoms with E-state index in [0.717, 1.165) is 11.4 Å². The van der Waals surface area contributed by atoms with Gasteiger partial charge in [0.2, 0.25) is 5.91 Å². The summed E-state index contributed by atoms with van der Waals surface area (Å²) in [7, 11) is 1.59. The second kappa shape index (κ2) is 7.25. The Morgan fingerprint density at radius 1 is 1.26 bits per heavy atom. The van der Waals surface area contributed by atoms with E-state index in [1.54, 1.807) is 45.2 Å². The van der Waals surface area contributed by atoms with Crippen LogP contribution in [0.2, 0.25) is 0 Å². The Morgan fingerprint density at radius 3 is 2.42 bits per heavy atom. The first-order valence-corrected chi connectivity index (χ1v) is 6.06. The maximum atomic E-state index is 11.7. The fraction of sp³-hybridized carbons (Fsp3) is 0.385. The molecule has 3 amide bonds. The van der Waals surface area contributed by atoms with Gasteiger partial charge in [-0.25, -0.2) is 4.79 Å². The molecule has 0 aromatic heterocycles. The smallest absolute Gasteiger partial charge is 0.321 e. The van der Waals surface area contributed by atoms with Crippen LogP contribution >= 0.6 is 0 Å². The second-order valence-corrected chi connectivity index (χ2v) is 3.94. The van der Waals surface area contributed by atoms with Gasteiger partial charge in [0.25, 0.3) is 0 Å². The van der Waals surface area contributed by atoms with Gasteiger partial charge < -0.3 is 15.4 Å². The summed E-state index contributed by atoms with van der Waals surface area (Å²) in [6.07, 6.45) is 0. The predicted octanol–water partition coefficient (Wildman–Crippen LogP) is 1.34. The molecule has 0 aliphatic carbocycles. The highest BCUT2D eigenvalue weighted by molar-refractivity contribution is 5.97. The van der Waals surface area contributed by atoms with E-state index in [-0.39, 0.29) is 5.91 Å². The van der Waals surface area contributed by atoms with Gasteiger partial charge >= 0.3 is 6.03 Å². The number of nitrogens with one attached hydrogen (secondary N) is 3. The van der Waals surface area contributed by atoms with Crippen molar-refractivity contribution in [2.24, 2.45) is 0 Å². The Labute approximate surface area is 112 Å². The molecule has 0 unspecified atom stereocenters. The third-order valence-electron chi connectivity index (χ3n) is 2.44. The molecule has 104 valence electrons. The van der Waals surface area contributed by atoms with Crippen molar-refractivity contribution < 1.29 is 14.3 Å². The molecule has 1 aromatic rings. The summed E-state index contributed by atoms with van der Waals surface area (Å²) in [6.45, 7) is 3.93. The van der Waals surface area contributed by atoms with Gasteiger partial charge in [0.15, 0.2) is 0 Å². The standard InChI is InChI=1S/C13H19N3O3/c1-4-14-13(18)16-12(17)9(2)15-10-5-7-11(19-3)8-6-10/h5-9,15H,4H2,1-3H3,(H2,14,16,17,18)/t9-/m0/s1. The van der Waals surface area contributed by atoms with Crippen LogP contribution in [0.1, 0.15) is 13.8 Å². The number of anilines is 1. The molecule has 0 aliphatic rings. The molecular weight excluding hydrogens is 246 g/mol. The number of amides is 3. The normalized spacial score (nSPS) is 11.3. The highest BCUT2D eigenvalue weighted by Crippen LogP contribution is 2.15. The van der Waals surface area contributed by atoms with Crippen LogP contribution in [0.15, 0.2) is 24.3 Å². The van der Waals surface area contributed by atoms with Crippen molar-refractivity contribution in [3.05, 3.63) is 24.3 Å². The first kappa shape index (κ1) is 14.8. The lowest BCUT2D eigenvalue weighted by molar-refractivity contribution is -0.120. The lowest BCUT2D eigenvalue weighted by atomic mass is 10.2. The van der Waals surface area contributed by atoms with Crippen molar-refractivity contribution >= 4 is 17.6 Å². The average Bonchev–Trinajstić information content (AvgIpc) is 2.39. The zero-order chi connectivity index (χ0) is 14.3. The highest BCUT2D eigenvalue weighted by atomic mass is 16.5. The molecule has 6 heteroatoms. The number of hydrogen-bond donors (Lipinski definition) is 3. The number of hydrogen-bond acceptors (Lipinski definition) is 4. The molecule has 0 radical (unpaired) electrons. The number of methoxy groups -OCH3 is 1. The Kier molecular flexibility index (Phi) is 5.66. The topological polar surface area (TPSA) is 79.5 Å². The fourth-order valence-corrected chi connectivity index (χ4v) is 1.43. The molecule has 0 spiro atoms. The zero-order valence-corrected chi connectivity index (χ0v) is 11.3. The fourth-order valence-electron chi connectivity index (χ4n) is 1.43. The van der Waals surface area contributed by atoms with E-state index in [4.69, 9.17) is 4.74 Å². The highest BCUT2D eigenvalue weighted by Gasteiger charge is 2.14. The van der Waals surface area contributed by atoms with Crippen LogP contribution in [-0.4, -0.2) is 31.6 Å². The molecule has 19 heavy (non-hydrogen) atoms. The minimum absolute atomic E-state index is 0.387. The van der Waals surface area contributed by atoms with E-state index >= 15 is 0 Å². The summed E-state index contributed by atoms with van der Waals surface area (Å²) in [5, 5.41) is 7.74. The number of rotatable bonds is 5. The molecule has 0 saturated carbocycles. The summed E-state index contributed by atoms with van der Waals surface area (Å²) in [5.41, 5.74) is 0.777. The summed E-state index contributed by atoms with van der Waals surface area (Å²) in [4.78, 5) is 22.9. The van der Waals surface area contributed by atoms with Crippen molar-refractivity contribution in [2.75, 3.05) is 19.0 Å². The van der Waals surface area contributed by atoms with E-state index in [1.807, 2.05) is 0 Å². The lowest BCUT2D eigenvalue weighted by Gasteiger charge is -2.15. The maximum Gasteiger partial charge on any atom is 0.321 e. The van der Waals surface area contributed by atoms with Crippen molar-refractivity contribution in [1.29, 1.82) is 0 Å². The van der Waals surface area contributed by atoms with Gasteiger partial charge in [-0.05, 0) is 38.1 Å². The summed E-state index contributed by atoms with van der Waals surface area (Å²) < 4.78 is 5.04. The first-order chi connectivity index (χ1) is 9.06. The van der Waals surface area contributed by atoms with Gasteiger partial charge in [-0.2, -0.15) is 0 Å². The molecule has 0 heterocycles. The van der Waals surface area contributed by atoms with Gasteiger partial charge in [0, 0.05) is 12.2 Å². The minimum atomic E-state index is -0.518. The quantitative estimate of drug-likeness (QED) is 0.750. The third kappa shape index (κ3) is 4.87. The number of benzene rings is 1. The van der Waals surface area contributed by atoms with Gasteiger partial charge in [-0.15, -0.1) is 0 Å². The number of urea groups is 1. The van der Waals surface area contributed by atoms with Gasteiger partial charge in [0.1, 0.15) is 11.8 Å². The molecular formula is C13H19N3O3. The summed E-state index contributed by atoms with van der Waals surface area (Å²) in [5.74, 6) is 0.353. The second-order valence-electron chi connectivity index (χ2n) is 3.94. The first-order valence-electron chi connectivity index (χ1n) is 6.06. The molecule has 0 saturated heterocycles. The molecule has 3 N–H and O–H groups in total. The van der Waals surface area contributed by atoms with E-state index in [0.29, 0.717) is 6.54 Å². The third-order valence-corrected chi connectivity index (χ3v) is 2.44. The van der Waals surface area contributed by atoms with E-state index < -0.39 is 12.1 Å². The molecule has 0 aliphatic heterocycles. The van der Waals surface area contributed by atoms with Crippen molar-refractivity contribution in [1.82, 2.24) is 10.6 Å². The monoisotopic (exact) mass is 265 g/mol. The Morgan fingerprint density at radius 2 is 1.89 bits per heavy atom. The molecule has 6 nitrogen and oxygen atoms in total. The van der Waals surface area contributed by atoms with Crippen LogP contribution in [0.5, 0.6) is 5.75 Å². The SMILES string of the molecule is CCNC(=O)NC(=O)[C@H](C)Nc1ccc(OC)cc1. The summed E-state index contributed by atoms with van der Waals surface area (Å²) in [6, 6.07) is 6.17. The maximum absolute atomic E-state index is 11.7. The molecule has 1 aromatic carbocycles. The largest absolute Gasteiger partial charge is 0.497 e. The average molecular weight is 265 g/mol. The van der Waals surface area contributed by atoms with Gasteiger partial charge in [-0.3, -0.25) is 10.1 Å². The van der Waals surface area contributed by atoms with Crippen molar-refractivity contribution in [3.8, 4) is 5.75 Å². The van der Waals surface area contributed by atoms with Crippen molar-refractivity contribution in [3.63, 3.8) is 0 Å². The van der Waals surface area contributed by atoms with Crippen LogP contribution in [-0.2, 0) is 4.79 Å². The Balaban J connectivity index is 2.50. The van der Waals surface area contributed by atoms with Gasteiger partial charge in [-0.1, -0.05) is 0 Å². The Bertz CT molecular complexity index is 431. The number of carbonyl (C=O) groups excluding carboxylic acids is 2. The Hall–Kier alpha value is -2.24. The summed E-state index contributed by atoms with van der Waals surface area (Å²) >= 11 is 0. The van der Waals surface area contributed by atoms with E-state index in [2.05, 4.69) is 16.0 Å². The van der Waals surface area contributed by atoms with E-state index in [1.165, 1.54) is 0 Å². The zero-order valence-electron chi connectivity index (χ0n) is 11.3. The number of ether oxygens (including phenoxy) is 1. The van der Waals surface area contributed by atoms with Crippen LogP contribution < -0.4 is 20.7 Å². The minimum Gasteiger partial charge on any atom is -0.497 e. The molecule has 1 rings (SSSR count).